The number of nitrogens with zero attached hydrogens (tertiary/aromatic N) is 14. The van der Waals surface area contributed by atoms with Gasteiger partial charge in [0.25, 0.3) is 0 Å². The number of amides is 4. The third kappa shape index (κ3) is 16.1. The fraction of sp³-hybridized carbons (Fsp3) is 0.349. The summed E-state index contributed by atoms with van der Waals surface area (Å²) < 4.78 is 53.3. The number of carbonyl (C=O) groups is 2. The molecule has 4 amide bonds. The highest BCUT2D eigenvalue weighted by Crippen LogP contribution is 2.66. The van der Waals surface area contributed by atoms with Gasteiger partial charge in [-0.15, -0.1) is 0 Å². The fourth-order valence-electron chi connectivity index (χ4n) is 16.2. The topological polar surface area (TPSA) is 211 Å². The van der Waals surface area contributed by atoms with Gasteiger partial charge in [0.1, 0.15) is 49.4 Å². The molecule has 110 heavy (non-hydrogen) atoms. The summed E-state index contributed by atoms with van der Waals surface area (Å²) in [5.74, 6) is 2.22. The van der Waals surface area contributed by atoms with Crippen molar-refractivity contribution < 1.29 is 47.5 Å². The summed E-state index contributed by atoms with van der Waals surface area (Å²) in [4.78, 5) is 78.8. The molecular weight excluding hydrogens is 1390 g/mol. The summed E-state index contributed by atoms with van der Waals surface area (Å²) >= 11 is 0. The van der Waals surface area contributed by atoms with Crippen molar-refractivity contribution in [2.75, 3.05) is 105 Å². The van der Waals surface area contributed by atoms with Crippen molar-refractivity contribution in [1.29, 1.82) is 0 Å². The molecule has 2 saturated heterocycles. The monoisotopic (exact) mass is 1480 g/mol. The van der Waals surface area contributed by atoms with Gasteiger partial charge >= 0.3 is 12.1 Å². The molecule has 0 aliphatic carbocycles. The van der Waals surface area contributed by atoms with Gasteiger partial charge in [-0.2, -0.15) is 0 Å². The first-order valence-electron chi connectivity index (χ1n) is 38.1. The first kappa shape index (κ1) is 73.4. The second kappa shape index (κ2) is 34.8. The maximum Gasteiger partial charge on any atom is 0.325 e. The van der Waals surface area contributed by atoms with Crippen LogP contribution in [0.4, 0.5) is 9.59 Å². The van der Waals surface area contributed by atoms with E-state index in [0.717, 1.165) is 78.7 Å². The van der Waals surface area contributed by atoms with E-state index in [2.05, 4.69) is 63.8 Å². The molecule has 24 nitrogen and oxygen atoms in total. The largest absolute Gasteiger partial charge is 0.491 e. The number of ether oxygens (including phenoxy) is 8. The Kier molecular flexibility index (Phi) is 23.2. The predicted molar refractivity (Wildman–Crippen MR) is 409 cm³/mol. The van der Waals surface area contributed by atoms with Gasteiger partial charge in [-0.05, 0) is 96.1 Å². The Morgan fingerprint density at radius 2 is 0.582 bits per heavy atom. The lowest BCUT2D eigenvalue weighted by molar-refractivity contribution is -0.0796. The Morgan fingerprint density at radius 1 is 0.300 bits per heavy atom. The minimum atomic E-state index is -1.49. The molecule has 6 aliphatic rings. The summed E-state index contributed by atoms with van der Waals surface area (Å²) in [6.07, 6.45) is 11.2. The summed E-state index contributed by atoms with van der Waals surface area (Å²) in [7, 11) is 0. The van der Waals surface area contributed by atoms with Crippen molar-refractivity contribution in [1.82, 2.24) is 69.1 Å². The first-order valence-corrected chi connectivity index (χ1v) is 38.1. The average molecular weight is 1480 g/mol. The average Bonchev–Trinajstić information content (AvgIpc) is 1.47. The van der Waals surface area contributed by atoms with E-state index in [9.17, 15) is 0 Å². The van der Waals surface area contributed by atoms with E-state index in [4.69, 9.17) is 47.9 Å². The van der Waals surface area contributed by atoms with E-state index in [0.29, 0.717) is 128 Å². The van der Waals surface area contributed by atoms with Gasteiger partial charge in [-0.1, -0.05) is 97.1 Å². The molecule has 24 heteroatoms. The molecule has 6 aromatic heterocycles. The predicted octanol–water partition coefficient (Wildman–Crippen LogP) is 11.0. The maximum atomic E-state index is 16.7. The maximum absolute atomic E-state index is 16.7. The van der Waals surface area contributed by atoms with Gasteiger partial charge in [0.05, 0.1) is 113 Å². The Balaban J connectivity index is 0.690. The van der Waals surface area contributed by atoms with Gasteiger partial charge < -0.3 is 37.9 Å². The number of rotatable bonds is 18. The molecule has 6 aliphatic heterocycles. The Morgan fingerprint density at radius 3 is 0.845 bits per heavy atom. The minimum Gasteiger partial charge on any atom is -0.491 e. The smallest absolute Gasteiger partial charge is 0.325 e. The van der Waals surface area contributed by atoms with Crippen LogP contribution in [0.5, 0.6) is 23.0 Å². The molecule has 8 bridgehead atoms. The lowest BCUT2D eigenvalue weighted by Crippen LogP contribution is -2.62. The van der Waals surface area contributed by atoms with E-state index in [-0.39, 0.29) is 91.1 Å². The summed E-state index contributed by atoms with van der Waals surface area (Å²) in [5, 5.41) is 0. The standard InChI is InChI=1S/C86H92N14O10/c101-83-97-61-75-76-62-98-84(102)100-64-78-77(63-99(83)86(100,68-17-5-2-6-18-68)85(97,98)67-15-3-1-4-16-67)81-29-30-82(78)110-50-46-106-42-38-94(54-66-24-26-74(92-52-66)60-96(57-71-21-9-13-33-89-71)58-72-22-10-14-34-90-72)36-40-104-44-48-108-80(76)28-27-79(75)107-47-43-103-39-35-93(37-41-105-45-49-109-81)53-65-23-25-73(91-51-65)59-95(55-69-19-7-11-31-87-69)56-70-20-8-12-32-88-70/h1-34,51-52H,35-50,53-64H2. The van der Waals surface area contributed by atoms with Gasteiger partial charge in [-0.25, -0.2) is 9.59 Å². The number of pyridine rings is 6. The molecule has 2 fully saturated rings. The van der Waals surface area contributed by atoms with E-state index in [1.165, 1.54) is 0 Å². The molecule has 10 aromatic rings. The van der Waals surface area contributed by atoms with Gasteiger partial charge in [0, 0.05) is 149 Å². The Labute approximate surface area is 641 Å². The normalized spacial score (nSPS) is 19.7. The lowest BCUT2D eigenvalue weighted by Gasteiger charge is -2.49. The Hall–Kier alpha value is -10.8. The fourth-order valence-corrected chi connectivity index (χ4v) is 16.2. The highest BCUT2D eigenvalue weighted by molar-refractivity contribution is 5.91. The van der Waals surface area contributed by atoms with Gasteiger partial charge in [-0.3, -0.25) is 69.1 Å². The summed E-state index contributed by atoms with van der Waals surface area (Å²) in [5.41, 5.74) is 9.37. The second-order valence-electron chi connectivity index (χ2n) is 28.3. The van der Waals surface area contributed by atoms with Crippen LogP contribution in [-0.4, -0.2) is 187 Å². The SMILES string of the molecule is O=C1N2Cc3c4ccc5c3CN3C(=O)N6Cc7c(ccc(c7CN1C6(c1ccccc1)C23c1ccccc1)OCCOCCN(Cc1ccc(CN(Cc2ccccn2)Cc2ccccn2)nc1)CCOCCO4)OCCOCCN(Cc1ccc(CN(Cc2ccccn2)Cc2ccccn2)nc1)CCOCCO5. The molecule has 566 valence electrons. The van der Waals surface area contributed by atoms with Crippen LogP contribution >= 0.6 is 0 Å². The van der Waals surface area contributed by atoms with Gasteiger partial charge in [0.2, 0.25) is 0 Å². The molecule has 12 heterocycles. The first-order chi connectivity index (χ1) is 54.3. The number of aromatic nitrogens is 6. The zero-order valence-electron chi connectivity index (χ0n) is 61.9. The van der Waals surface area contributed by atoms with Crippen LogP contribution in [0, 0.1) is 0 Å². The van der Waals surface area contributed by atoms with E-state index >= 15 is 9.59 Å². The minimum absolute atomic E-state index is 0.0518. The van der Waals surface area contributed by atoms with Crippen molar-refractivity contribution in [3.8, 4) is 23.0 Å². The molecule has 0 atom stereocenters. The summed E-state index contributed by atoms with van der Waals surface area (Å²) in [6.45, 7) is 11.3. The van der Waals surface area contributed by atoms with E-state index < -0.39 is 11.3 Å². The molecule has 0 unspecified atom stereocenters. The number of hydrogen-bond donors (Lipinski definition) is 0. The second-order valence-corrected chi connectivity index (χ2v) is 28.3. The van der Waals surface area contributed by atoms with Crippen LogP contribution in [0.1, 0.15) is 78.7 Å². The number of benzene rings is 4. The molecule has 0 saturated carbocycles. The molecule has 16 rings (SSSR count). The van der Waals surface area contributed by atoms with Crippen LogP contribution in [0.15, 0.2) is 219 Å². The van der Waals surface area contributed by atoms with Crippen molar-refractivity contribution in [2.24, 2.45) is 0 Å². The number of hydrogen-bond acceptors (Lipinski definition) is 20. The van der Waals surface area contributed by atoms with Crippen molar-refractivity contribution in [2.45, 2.75) is 89.9 Å². The van der Waals surface area contributed by atoms with Crippen molar-refractivity contribution >= 4 is 12.1 Å². The number of urea groups is 2. The highest BCUT2D eigenvalue weighted by atomic mass is 16.5. The highest BCUT2D eigenvalue weighted by Gasteiger charge is 2.81. The van der Waals surface area contributed by atoms with Crippen molar-refractivity contribution in [3.63, 3.8) is 0 Å². The van der Waals surface area contributed by atoms with E-state index in [1.54, 1.807) is 0 Å². The molecule has 4 aromatic carbocycles. The zero-order chi connectivity index (χ0) is 74.3. The van der Waals surface area contributed by atoms with Crippen LogP contribution in [0.2, 0.25) is 0 Å². The van der Waals surface area contributed by atoms with Crippen LogP contribution in [0.25, 0.3) is 0 Å². The van der Waals surface area contributed by atoms with Crippen molar-refractivity contribution in [3.05, 3.63) is 298 Å². The Bertz CT molecular complexity index is 4180. The van der Waals surface area contributed by atoms with Gasteiger partial charge in [0.15, 0.2) is 11.3 Å². The molecule has 0 radical (unpaired) electrons. The molecule has 0 N–H and O–H groups in total. The van der Waals surface area contributed by atoms with Crippen LogP contribution in [0.3, 0.4) is 0 Å². The molecule has 0 spiro atoms. The molecular formula is C86H92N14O10. The van der Waals surface area contributed by atoms with E-state index in [1.807, 2.05) is 215 Å². The number of carbonyl (C=O) groups excluding carboxylic acids is 2. The lowest BCUT2D eigenvalue weighted by atomic mass is 9.79. The van der Waals surface area contributed by atoms with Crippen LogP contribution < -0.4 is 18.9 Å². The summed E-state index contributed by atoms with van der Waals surface area (Å²) in [6, 6.07) is 59.6. The zero-order valence-corrected chi connectivity index (χ0v) is 61.9. The third-order valence-electron chi connectivity index (χ3n) is 21.2. The van der Waals surface area contributed by atoms with Crippen LogP contribution in [-0.2, 0) is 109 Å². The quantitative estimate of drug-likeness (QED) is 0.0781. The third-order valence-corrected chi connectivity index (χ3v) is 21.2.